The van der Waals surface area contributed by atoms with Crippen LogP contribution in [0.2, 0.25) is 0 Å². The molecule has 0 aliphatic rings. The minimum Gasteiger partial charge on any atom is -0.310 e. The molecule has 5 heteroatoms. The molecule has 0 heterocycles. The highest BCUT2D eigenvalue weighted by Gasteiger charge is 2.26. The van der Waals surface area contributed by atoms with E-state index in [-0.39, 0.29) is 11.0 Å². The highest BCUT2D eigenvalue weighted by molar-refractivity contribution is 14.1. The second kappa shape index (κ2) is 4.99. The van der Waals surface area contributed by atoms with Crippen LogP contribution in [-0.4, -0.2) is 5.97 Å². The van der Waals surface area contributed by atoms with E-state index in [0.717, 1.165) is 3.57 Å². The summed E-state index contributed by atoms with van der Waals surface area (Å²) in [5, 5.41) is -0.0103. The Kier molecular flexibility index (Phi) is 4.12. The van der Waals surface area contributed by atoms with Gasteiger partial charge in [0.2, 0.25) is 0 Å². The average molecular weight is 337 g/mol. The van der Waals surface area contributed by atoms with Gasteiger partial charge in [0.25, 0.3) is 0 Å². The lowest BCUT2D eigenvalue weighted by Crippen LogP contribution is -2.29. The maximum atomic E-state index is 13.4. The molecule has 0 amide bonds. The molecule has 0 saturated heterocycles. The third-order valence-corrected chi connectivity index (χ3v) is 2.52. The van der Waals surface area contributed by atoms with E-state index in [4.69, 9.17) is 0 Å². The van der Waals surface area contributed by atoms with Crippen LogP contribution in [0.1, 0.15) is 20.8 Å². The van der Waals surface area contributed by atoms with Gasteiger partial charge in [0.15, 0.2) is 0 Å². The zero-order chi connectivity index (χ0) is 12.3. The van der Waals surface area contributed by atoms with Crippen molar-refractivity contribution in [1.29, 1.82) is 0 Å². The van der Waals surface area contributed by atoms with Gasteiger partial charge in [-0.3, -0.25) is 0 Å². The van der Waals surface area contributed by atoms with Crippen LogP contribution >= 0.6 is 22.6 Å². The zero-order valence-corrected chi connectivity index (χ0v) is 11.5. The van der Waals surface area contributed by atoms with E-state index in [9.17, 15) is 9.28 Å². The zero-order valence-electron chi connectivity index (χ0n) is 9.33. The number of rotatable bonds is 2. The summed E-state index contributed by atoms with van der Waals surface area (Å²) >= 11 is 2.11. The van der Waals surface area contributed by atoms with Crippen LogP contribution in [0.4, 0.5) is 10.2 Å². The van der Waals surface area contributed by atoms with Crippen molar-refractivity contribution in [3.63, 3.8) is 0 Å². The molecule has 16 heavy (non-hydrogen) atoms. The molecule has 1 rings (SSSR count). The van der Waals surface area contributed by atoms with E-state index < -0.39 is 11.4 Å². The Morgan fingerprint density at radius 3 is 2.25 bits per heavy atom. The van der Waals surface area contributed by atoms with Gasteiger partial charge in [0, 0.05) is 3.57 Å². The molecule has 0 spiro atoms. The molecule has 1 aromatic rings. The smallest absolute Gasteiger partial charge is 0.310 e. The number of carbonyl (C=O) groups is 1. The van der Waals surface area contributed by atoms with E-state index in [1.807, 2.05) is 0 Å². The first-order valence-electron chi connectivity index (χ1n) is 4.74. The maximum Gasteiger partial charge on any atom is 0.341 e. The lowest BCUT2D eigenvalue weighted by atomic mass is 9.98. The van der Waals surface area contributed by atoms with Crippen molar-refractivity contribution in [2.45, 2.75) is 20.8 Å². The van der Waals surface area contributed by atoms with Crippen LogP contribution in [0.5, 0.6) is 0 Å². The topological polar surface area (TPSA) is 29.5 Å². The number of anilines is 1. The molecule has 3 nitrogen and oxygen atoms in total. The Morgan fingerprint density at radius 1 is 1.31 bits per heavy atom. The number of benzene rings is 1. The van der Waals surface area contributed by atoms with Gasteiger partial charge in [-0.1, -0.05) is 4.48 Å². The van der Waals surface area contributed by atoms with E-state index in [1.165, 1.54) is 12.1 Å². The first-order valence-corrected chi connectivity index (χ1v) is 5.82. The molecule has 0 radical (unpaired) electrons. The molecule has 0 N–H and O–H groups in total. The largest absolute Gasteiger partial charge is 0.341 e. The van der Waals surface area contributed by atoms with Gasteiger partial charge in [-0.15, -0.1) is 0 Å². The summed E-state index contributed by atoms with van der Waals surface area (Å²) in [5.41, 5.74) is -0.536. The van der Waals surface area contributed by atoms with Crippen molar-refractivity contribution >= 4 is 34.2 Å². The number of nitrogens with zero attached hydrogens (tertiary/aromatic N) is 1. The predicted molar refractivity (Wildman–Crippen MR) is 68.3 cm³/mol. The lowest BCUT2D eigenvalue weighted by molar-refractivity contribution is -0.160. The Balaban J connectivity index is 2.69. The fourth-order valence-electron chi connectivity index (χ4n) is 0.821. The van der Waals surface area contributed by atoms with Gasteiger partial charge < -0.3 is 4.84 Å². The molecular weight excluding hydrogens is 324 g/mol. The van der Waals surface area contributed by atoms with Crippen molar-refractivity contribution in [1.82, 2.24) is 0 Å². The first-order chi connectivity index (χ1) is 7.30. The third-order valence-electron chi connectivity index (χ3n) is 1.81. The SMILES string of the molecule is CC(C)(C)C(=O)ON(F)c1ccc(I)cc1. The number of halogens is 2. The van der Waals surface area contributed by atoms with E-state index >= 15 is 0 Å². The summed E-state index contributed by atoms with van der Waals surface area (Å²) in [6, 6.07) is 6.54. The molecular formula is C11H13FINO2. The molecule has 1 aromatic carbocycles. The molecule has 0 saturated carbocycles. The van der Waals surface area contributed by atoms with E-state index in [0.29, 0.717) is 0 Å². The highest BCUT2D eigenvalue weighted by Crippen LogP contribution is 2.21. The fraction of sp³-hybridized carbons (Fsp3) is 0.364. The molecule has 0 bridgehead atoms. The fourth-order valence-corrected chi connectivity index (χ4v) is 1.18. The van der Waals surface area contributed by atoms with Crippen molar-refractivity contribution in [3.05, 3.63) is 27.8 Å². The lowest BCUT2D eigenvalue weighted by Gasteiger charge is -2.19. The first kappa shape index (κ1) is 13.2. The van der Waals surface area contributed by atoms with Crippen molar-refractivity contribution < 1.29 is 14.1 Å². The molecule has 0 atom stereocenters. The molecule has 88 valence electrons. The normalized spacial score (nSPS) is 11.1. The summed E-state index contributed by atoms with van der Waals surface area (Å²) < 4.78 is 14.4. The van der Waals surface area contributed by atoms with Gasteiger partial charge in [0.05, 0.1) is 5.41 Å². The van der Waals surface area contributed by atoms with Gasteiger partial charge in [-0.2, -0.15) is 0 Å². The summed E-state index contributed by atoms with van der Waals surface area (Å²) in [6.45, 7) is 4.99. The molecule has 0 aliphatic carbocycles. The van der Waals surface area contributed by atoms with Gasteiger partial charge in [-0.05, 0) is 72.9 Å². The summed E-state index contributed by atoms with van der Waals surface area (Å²) in [5.74, 6) is -0.617. The predicted octanol–water partition coefficient (Wildman–Crippen LogP) is 3.49. The van der Waals surface area contributed by atoms with Gasteiger partial charge >= 0.3 is 5.97 Å². The Labute approximate surface area is 108 Å². The van der Waals surface area contributed by atoms with Crippen LogP contribution in [-0.2, 0) is 9.63 Å². The Morgan fingerprint density at radius 2 is 1.81 bits per heavy atom. The maximum absolute atomic E-state index is 13.4. The Hall–Kier alpha value is -0.850. The van der Waals surface area contributed by atoms with Crippen LogP contribution in [0, 0.1) is 8.99 Å². The highest BCUT2D eigenvalue weighted by atomic mass is 127. The van der Waals surface area contributed by atoms with E-state index in [2.05, 4.69) is 27.4 Å². The van der Waals surface area contributed by atoms with Crippen LogP contribution in [0.15, 0.2) is 24.3 Å². The number of hydrogen-bond acceptors (Lipinski definition) is 3. The van der Waals surface area contributed by atoms with E-state index in [1.54, 1.807) is 32.9 Å². The summed E-state index contributed by atoms with van der Waals surface area (Å²) in [6.07, 6.45) is 0. The van der Waals surface area contributed by atoms with Crippen LogP contribution < -0.4 is 5.29 Å². The standard InChI is InChI=1S/C11H13FINO2/c1-11(2,3)10(15)16-14(12)9-6-4-8(13)5-7-9/h4-7H,1-3H3. The van der Waals surface area contributed by atoms with Gasteiger partial charge in [-0.25, -0.2) is 4.79 Å². The minimum absolute atomic E-state index is 0.0103. The quantitative estimate of drug-likeness (QED) is 0.470. The van der Waals surface area contributed by atoms with Gasteiger partial charge in [0.1, 0.15) is 5.69 Å². The second-order valence-electron chi connectivity index (χ2n) is 4.35. The molecule has 0 fully saturated rings. The molecule has 0 unspecified atom stereocenters. The summed E-state index contributed by atoms with van der Waals surface area (Å²) in [4.78, 5) is 16.0. The minimum atomic E-state index is -0.729. The van der Waals surface area contributed by atoms with Crippen molar-refractivity contribution in [2.24, 2.45) is 5.41 Å². The van der Waals surface area contributed by atoms with Crippen LogP contribution in [0.25, 0.3) is 0 Å². The Bertz CT molecular complexity index is 373. The molecule has 0 aliphatic heterocycles. The van der Waals surface area contributed by atoms with Crippen molar-refractivity contribution in [2.75, 3.05) is 5.29 Å². The van der Waals surface area contributed by atoms with Crippen molar-refractivity contribution in [3.8, 4) is 0 Å². The second-order valence-corrected chi connectivity index (χ2v) is 5.60. The molecule has 0 aromatic heterocycles. The number of hydrogen-bond donors (Lipinski definition) is 0. The van der Waals surface area contributed by atoms with Crippen LogP contribution in [0.3, 0.4) is 0 Å². The summed E-state index contributed by atoms with van der Waals surface area (Å²) in [7, 11) is 0. The number of carbonyl (C=O) groups excluding carboxylic acids is 1. The monoisotopic (exact) mass is 337 g/mol. The average Bonchev–Trinajstić information content (AvgIpc) is 2.17. The third kappa shape index (κ3) is 3.62.